The molecule has 0 N–H and O–H groups in total. The summed E-state index contributed by atoms with van der Waals surface area (Å²) in [7, 11) is -3.29. The minimum atomic E-state index is -3.29. The van der Waals surface area contributed by atoms with Gasteiger partial charge in [-0.05, 0) is 18.6 Å². The second kappa shape index (κ2) is 5.80. The van der Waals surface area contributed by atoms with Gasteiger partial charge in [-0.15, -0.1) is 0 Å². The van der Waals surface area contributed by atoms with Crippen LogP contribution in [-0.2, 0) is 14.6 Å². The van der Waals surface area contributed by atoms with E-state index in [2.05, 4.69) is 0 Å². The highest BCUT2D eigenvalue weighted by Crippen LogP contribution is 2.11. The maximum Gasteiger partial charge on any atom is 0.178 e. The Labute approximate surface area is 96.4 Å². The minimum Gasteiger partial charge on any atom is -0.300 e. The summed E-state index contributed by atoms with van der Waals surface area (Å²) >= 11 is 0. The van der Waals surface area contributed by atoms with Crippen molar-refractivity contribution in [3.05, 3.63) is 30.3 Å². The van der Waals surface area contributed by atoms with Crippen molar-refractivity contribution in [2.45, 2.75) is 31.1 Å². The molecule has 3 nitrogen and oxygen atoms in total. The van der Waals surface area contributed by atoms with Gasteiger partial charge in [0, 0.05) is 12.8 Å². The lowest BCUT2D eigenvalue weighted by Crippen LogP contribution is -2.11. The Hall–Kier alpha value is -1.16. The smallest absolute Gasteiger partial charge is 0.178 e. The fourth-order valence-corrected chi connectivity index (χ4v) is 2.70. The standard InChI is InChI=1S/C12H16O3S/c1-2-6-11(13)9-10-16(14,15)12-7-4-3-5-8-12/h3-5,7-8H,2,6,9-10H2,1H3. The van der Waals surface area contributed by atoms with Crippen molar-refractivity contribution in [3.63, 3.8) is 0 Å². The zero-order valence-electron chi connectivity index (χ0n) is 9.35. The molecule has 4 heteroatoms. The highest BCUT2D eigenvalue weighted by Gasteiger charge is 2.15. The predicted octanol–water partition coefficient (Wildman–Crippen LogP) is 2.22. The molecule has 0 aliphatic heterocycles. The molecule has 1 aromatic carbocycles. The van der Waals surface area contributed by atoms with Gasteiger partial charge in [-0.2, -0.15) is 0 Å². The van der Waals surface area contributed by atoms with E-state index < -0.39 is 9.84 Å². The van der Waals surface area contributed by atoms with Crippen LogP contribution in [0.15, 0.2) is 35.2 Å². The number of Topliss-reactive ketones (excluding diaryl/α,β-unsaturated/α-hetero) is 1. The summed E-state index contributed by atoms with van der Waals surface area (Å²) in [5.41, 5.74) is 0. The van der Waals surface area contributed by atoms with Crippen LogP contribution in [0.1, 0.15) is 26.2 Å². The lowest BCUT2D eigenvalue weighted by Gasteiger charge is -2.03. The van der Waals surface area contributed by atoms with Gasteiger partial charge in [0.2, 0.25) is 0 Å². The van der Waals surface area contributed by atoms with Crippen molar-refractivity contribution >= 4 is 15.6 Å². The monoisotopic (exact) mass is 240 g/mol. The van der Waals surface area contributed by atoms with E-state index in [1.807, 2.05) is 6.92 Å². The van der Waals surface area contributed by atoms with Crippen LogP contribution in [0.5, 0.6) is 0 Å². The molecule has 0 heterocycles. The average Bonchev–Trinajstić information content (AvgIpc) is 2.28. The quantitative estimate of drug-likeness (QED) is 0.766. The molecule has 0 saturated carbocycles. The summed E-state index contributed by atoms with van der Waals surface area (Å²) in [4.78, 5) is 11.5. The first kappa shape index (κ1) is 12.9. The molecule has 0 radical (unpaired) electrons. The Bertz CT molecular complexity index is 435. The largest absolute Gasteiger partial charge is 0.300 e. The Balaban J connectivity index is 2.64. The van der Waals surface area contributed by atoms with E-state index in [0.29, 0.717) is 11.3 Å². The maximum absolute atomic E-state index is 11.8. The van der Waals surface area contributed by atoms with E-state index in [-0.39, 0.29) is 18.0 Å². The molecule has 0 atom stereocenters. The molecule has 0 bridgehead atoms. The molecule has 0 aromatic heterocycles. The number of benzene rings is 1. The molecule has 0 saturated heterocycles. The van der Waals surface area contributed by atoms with E-state index in [9.17, 15) is 13.2 Å². The van der Waals surface area contributed by atoms with Gasteiger partial charge in [0.1, 0.15) is 5.78 Å². The van der Waals surface area contributed by atoms with Crippen molar-refractivity contribution in [1.82, 2.24) is 0 Å². The number of carbonyl (C=O) groups excluding carboxylic acids is 1. The molecule has 0 aliphatic carbocycles. The average molecular weight is 240 g/mol. The van der Waals surface area contributed by atoms with E-state index in [0.717, 1.165) is 6.42 Å². The zero-order valence-corrected chi connectivity index (χ0v) is 10.2. The van der Waals surface area contributed by atoms with E-state index in [1.54, 1.807) is 30.3 Å². The predicted molar refractivity (Wildman–Crippen MR) is 63.0 cm³/mol. The molecule has 1 rings (SSSR count). The van der Waals surface area contributed by atoms with Gasteiger partial charge in [0.25, 0.3) is 0 Å². The van der Waals surface area contributed by atoms with Crippen LogP contribution >= 0.6 is 0 Å². The van der Waals surface area contributed by atoms with Crippen molar-refractivity contribution in [2.24, 2.45) is 0 Å². The Morgan fingerprint density at radius 1 is 1.12 bits per heavy atom. The van der Waals surface area contributed by atoms with Gasteiger partial charge in [0.05, 0.1) is 10.6 Å². The van der Waals surface area contributed by atoms with Gasteiger partial charge < -0.3 is 0 Å². The fraction of sp³-hybridized carbons (Fsp3) is 0.417. The molecule has 88 valence electrons. The molecule has 0 spiro atoms. The van der Waals surface area contributed by atoms with Gasteiger partial charge in [0.15, 0.2) is 9.84 Å². The van der Waals surface area contributed by atoms with Crippen molar-refractivity contribution in [3.8, 4) is 0 Å². The first-order chi connectivity index (χ1) is 7.56. The summed E-state index contributed by atoms with van der Waals surface area (Å²) in [6.07, 6.45) is 1.35. The van der Waals surface area contributed by atoms with Gasteiger partial charge in [-0.1, -0.05) is 25.1 Å². The number of hydrogen-bond acceptors (Lipinski definition) is 3. The maximum atomic E-state index is 11.8. The molecule has 0 unspecified atom stereocenters. The SMILES string of the molecule is CCCC(=O)CCS(=O)(=O)c1ccccc1. The topological polar surface area (TPSA) is 51.2 Å². The number of carbonyl (C=O) groups is 1. The number of rotatable bonds is 6. The summed E-state index contributed by atoms with van der Waals surface area (Å²) in [6.45, 7) is 1.91. The third-order valence-corrected chi connectivity index (χ3v) is 4.01. The third kappa shape index (κ3) is 3.77. The second-order valence-corrected chi connectivity index (χ2v) is 5.78. The summed E-state index contributed by atoms with van der Waals surface area (Å²) in [6, 6.07) is 8.24. The van der Waals surface area contributed by atoms with E-state index in [4.69, 9.17) is 0 Å². The van der Waals surface area contributed by atoms with Gasteiger partial charge >= 0.3 is 0 Å². The van der Waals surface area contributed by atoms with Gasteiger partial charge in [-0.25, -0.2) is 8.42 Å². The zero-order chi connectivity index (χ0) is 12.0. The number of hydrogen-bond donors (Lipinski definition) is 0. The fourth-order valence-electron chi connectivity index (χ4n) is 1.40. The first-order valence-corrected chi connectivity index (χ1v) is 7.01. The van der Waals surface area contributed by atoms with E-state index in [1.165, 1.54) is 0 Å². The van der Waals surface area contributed by atoms with Crippen LogP contribution in [0.3, 0.4) is 0 Å². The Morgan fingerprint density at radius 3 is 2.31 bits per heavy atom. The van der Waals surface area contributed by atoms with Crippen molar-refractivity contribution in [1.29, 1.82) is 0 Å². The third-order valence-electron chi connectivity index (χ3n) is 2.28. The molecule has 0 fully saturated rings. The van der Waals surface area contributed by atoms with Crippen LogP contribution in [0.25, 0.3) is 0 Å². The second-order valence-electron chi connectivity index (χ2n) is 3.67. The van der Waals surface area contributed by atoms with Crippen molar-refractivity contribution < 1.29 is 13.2 Å². The Kier molecular flexibility index (Phi) is 4.68. The number of ketones is 1. The normalized spacial score (nSPS) is 11.3. The first-order valence-electron chi connectivity index (χ1n) is 5.36. The molecule has 16 heavy (non-hydrogen) atoms. The minimum absolute atomic E-state index is 0.0157. The lowest BCUT2D eigenvalue weighted by atomic mass is 10.2. The number of sulfone groups is 1. The molecule has 0 amide bonds. The van der Waals surface area contributed by atoms with E-state index >= 15 is 0 Å². The summed E-state index contributed by atoms with van der Waals surface area (Å²) in [5.74, 6) is -0.0717. The molecular formula is C12H16O3S. The van der Waals surface area contributed by atoms with Crippen LogP contribution in [0.2, 0.25) is 0 Å². The molecule has 0 aliphatic rings. The summed E-state index contributed by atoms with van der Waals surface area (Å²) < 4.78 is 23.6. The molecule has 1 aromatic rings. The van der Waals surface area contributed by atoms with Crippen LogP contribution in [0.4, 0.5) is 0 Å². The van der Waals surface area contributed by atoms with Crippen LogP contribution < -0.4 is 0 Å². The van der Waals surface area contributed by atoms with Gasteiger partial charge in [-0.3, -0.25) is 4.79 Å². The lowest BCUT2D eigenvalue weighted by molar-refractivity contribution is -0.118. The molecular weight excluding hydrogens is 224 g/mol. The highest BCUT2D eigenvalue weighted by molar-refractivity contribution is 7.91. The summed E-state index contributed by atoms with van der Waals surface area (Å²) in [5, 5.41) is 0. The highest BCUT2D eigenvalue weighted by atomic mass is 32.2. The van der Waals surface area contributed by atoms with Crippen LogP contribution in [-0.4, -0.2) is 20.0 Å². The Morgan fingerprint density at radius 2 is 1.75 bits per heavy atom. The van der Waals surface area contributed by atoms with Crippen LogP contribution in [0, 0.1) is 0 Å². The van der Waals surface area contributed by atoms with Crippen molar-refractivity contribution in [2.75, 3.05) is 5.75 Å².